The van der Waals surface area contributed by atoms with Crippen LogP contribution in [0.5, 0.6) is 0 Å². The van der Waals surface area contributed by atoms with Crippen LogP contribution >= 0.6 is 11.8 Å². The highest BCUT2D eigenvalue weighted by Gasteiger charge is 2.30. The average molecular weight is 261 g/mol. The lowest BCUT2D eigenvalue weighted by Gasteiger charge is -2.36. The molecule has 0 amide bonds. The topological polar surface area (TPSA) is 48.7 Å². The number of nitrogens with one attached hydrogen (secondary N) is 1. The van der Waals surface area contributed by atoms with Gasteiger partial charge in [0.15, 0.2) is 0 Å². The number of thioether (sulfide) groups is 1. The summed E-state index contributed by atoms with van der Waals surface area (Å²) in [6.07, 6.45) is 12.1. The van der Waals surface area contributed by atoms with Crippen LogP contribution in [-0.2, 0) is 0 Å². The molecule has 96 valence electrons. The minimum absolute atomic E-state index is 0.334. The molecule has 0 atom stereocenters. The molecular weight excluding hydrogens is 242 g/mol. The van der Waals surface area contributed by atoms with Crippen molar-refractivity contribution in [3.05, 3.63) is 24.0 Å². The highest BCUT2D eigenvalue weighted by molar-refractivity contribution is 8.00. The number of anilines is 1. The molecule has 18 heavy (non-hydrogen) atoms. The van der Waals surface area contributed by atoms with E-state index in [4.69, 9.17) is 5.26 Å². The summed E-state index contributed by atoms with van der Waals surface area (Å²) in [5.41, 5.74) is 1.54. The van der Waals surface area contributed by atoms with Gasteiger partial charge < -0.3 is 5.32 Å². The predicted octanol–water partition coefficient (Wildman–Crippen LogP) is 3.43. The molecule has 1 aromatic heterocycles. The maximum atomic E-state index is 9.05. The molecule has 0 bridgehead atoms. The first-order chi connectivity index (χ1) is 8.79. The van der Waals surface area contributed by atoms with Crippen molar-refractivity contribution < 1.29 is 0 Å². The summed E-state index contributed by atoms with van der Waals surface area (Å²) in [7, 11) is 0. The summed E-state index contributed by atoms with van der Waals surface area (Å²) in [5, 5.41) is 12.5. The number of aromatic nitrogens is 1. The third kappa shape index (κ3) is 2.97. The first-order valence-corrected chi connectivity index (χ1v) is 7.65. The number of pyridine rings is 1. The molecule has 0 aliphatic heterocycles. The number of nitrogens with zero attached hydrogens (tertiary/aromatic N) is 2. The molecule has 0 spiro atoms. The Bertz CT molecular complexity index is 433. The zero-order valence-electron chi connectivity index (χ0n) is 10.8. The normalized spacial score (nSPS) is 18.0. The minimum atomic E-state index is 0.334. The monoisotopic (exact) mass is 261 g/mol. The van der Waals surface area contributed by atoms with E-state index in [1.807, 2.05) is 11.8 Å². The molecule has 1 fully saturated rings. The van der Waals surface area contributed by atoms with Gasteiger partial charge in [0.25, 0.3) is 0 Å². The zero-order valence-corrected chi connectivity index (χ0v) is 11.6. The van der Waals surface area contributed by atoms with Crippen LogP contribution in [0.2, 0.25) is 0 Å². The Morgan fingerprint density at radius 2 is 2.22 bits per heavy atom. The molecule has 4 heteroatoms. The van der Waals surface area contributed by atoms with E-state index in [1.54, 1.807) is 18.5 Å². The fourth-order valence-corrected chi connectivity index (χ4v) is 3.45. The van der Waals surface area contributed by atoms with Gasteiger partial charge in [-0.15, -0.1) is 0 Å². The van der Waals surface area contributed by atoms with E-state index in [2.05, 4.69) is 22.6 Å². The van der Waals surface area contributed by atoms with E-state index >= 15 is 0 Å². The highest BCUT2D eigenvalue weighted by Crippen LogP contribution is 2.38. The molecule has 1 aliphatic carbocycles. The second kappa shape index (κ2) is 6.10. The smallest absolute Gasteiger partial charge is 0.101 e. The quantitative estimate of drug-likeness (QED) is 0.902. The summed E-state index contributed by atoms with van der Waals surface area (Å²) >= 11 is 1.96. The van der Waals surface area contributed by atoms with Crippen LogP contribution in [0, 0.1) is 11.3 Å². The number of hydrogen-bond acceptors (Lipinski definition) is 4. The second-order valence-corrected chi connectivity index (χ2v) is 6.11. The van der Waals surface area contributed by atoms with Crippen molar-refractivity contribution in [2.24, 2.45) is 0 Å². The number of nitriles is 1. The second-order valence-electron chi connectivity index (χ2n) is 4.83. The van der Waals surface area contributed by atoms with E-state index in [0.29, 0.717) is 10.3 Å². The number of hydrogen-bond donors (Lipinski definition) is 1. The van der Waals surface area contributed by atoms with Crippen molar-refractivity contribution in [1.82, 2.24) is 4.98 Å². The van der Waals surface area contributed by atoms with Crippen LogP contribution in [0.25, 0.3) is 0 Å². The zero-order chi connectivity index (χ0) is 12.8. The highest BCUT2D eigenvalue weighted by atomic mass is 32.2. The summed E-state index contributed by atoms with van der Waals surface area (Å²) < 4.78 is 0.334. The van der Waals surface area contributed by atoms with Gasteiger partial charge in [-0.25, -0.2) is 0 Å². The third-order valence-electron chi connectivity index (χ3n) is 3.74. The molecule has 0 radical (unpaired) electrons. The van der Waals surface area contributed by atoms with Crippen molar-refractivity contribution in [2.75, 3.05) is 18.1 Å². The van der Waals surface area contributed by atoms with Gasteiger partial charge in [-0.2, -0.15) is 17.0 Å². The third-order valence-corrected chi connectivity index (χ3v) is 5.16. The van der Waals surface area contributed by atoms with Crippen molar-refractivity contribution in [3.8, 4) is 6.07 Å². The standard InChI is InChI=1S/C14H19N3S/c1-18-14(6-3-2-4-7-14)11-17-13-10-16-8-5-12(13)9-15/h5,8,10,17H,2-4,6-7,11H2,1H3. The van der Waals surface area contributed by atoms with E-state index in [1.165, 1.54) is 32.1 Å². The molecule has 1 aliphatic rings. The van der Waals surface area contributed by atoms with E-state index in [9.17, 15) is 0 Å². The lowest BCUT2D eigenvalue weighted by atomic mass is 9.88. The molecule has 1 aromatic rings. The van der Waals surface area contributed by atoms with Gasteiger partial charge >= 0.3 is 0 Å². The molecule has 2 rings (SSSR count). The van der Waals surface area contributed by atoms with Gasteiger partial charge in [0, 0.05) is 17.5 Å². The van der Waals surface area contributed by atoms with Crippen LogP contribution in [0.1, 0.15) is 37.7 Å². The van der Waals surface area contributed by atoms with Crippen molar-refractivity contribution in [1.29, 1.82) is 5.26 Å². The molecule has 1 N–H and O–H groups in total. The van der Waals surface area contributed by atoms with Crippen LogP contribution in [0.4, 0.5) is 5.69 Å². The maximum Gasteiger partial charge on any atom is 0.101 e. The Kier molecular flexibility index (Phi) is 4.48. The van der Waals surface area contributed by atoms with Gasteiger partial charge in [-0.1, -0.05) is 19.3 Å². The van der Waals surface area contributed by atoms with E-state index in [0.717, 1.165) is 12.2 Å². The lowest BCUT2D eigenvalue weighted by molar-refractivity contribution is 0.411. The average Bonchev–Trinajstić information content (AvgIpc) is 2.46. The Morgan fingerprint density at radius 3 is 2.89 bits per heavy atom. The Hall–Kier alpha value is -1.21. The Labute approximate surface area is 113 Å². The molecule has 0 saturated heterocycles. The minimum Gasteiger partial charge on any atom is -0.381 e. The van der Waals surface area contributed by atoms with E-state index < -0.39 is 0 Å². The van der Waals surface area contributed by atoms with Crippen LogP contribution in [0.3, 0.4) is 0 Å². The van der Waals surface area contributed by atoms with Gasteiger partial charge in [-0.3, -0.25) is 4.98 Å². The fraction of sp³-hybridized carbons (Fsp3) is 0.571. The summed E-state index contributed by atoms with van der Waals surface area (Å²) in [6, 6.07) is 3.96. The first kappa shape index (κ1) is 13.2. The van der Waals surface area contributed by atoms with E-state index in [-0.39, 0.29) is 0 Å². The number of rotatable bonds is 4. The molecular formula is C14H19N3S. The van der Waals surface area contributed by atoms with Gasteiger partial charge in [-0.05, 0) is 25.2 Å². The van der Waals surface area contributed by atoms with Gasteiger partial charge in [0.05, 0.1) is 17.4 Å². The predicted molar refractivity (Wildman–Crippen MR) is 76.8 cm³/mol. The molecule has 1 saturated carbocycles. The molecule has 3 nitrogen and oxygen atoms in total. The van der Waals surface area contributed by atoms with Gasteiger partial charge in [0.1, 0.15) is 6.07 Å². The van der Waals surface area contributed by atoms with Crippen LogP contribution in [0.15, 0.2) is 18.5 Å². The van der Waals surface area contributed by atoms with Crippen molar-refractivity contribution in [2.45, 2.75) is 36.9 Å². The Morgan fingerprint density at radius 1 is 1.44 bits per heavy atom. The van der Waals surface area contributed by atoms with Crippen LogP contribution in [-0.4, -0.2) is 22.5 Å². The lowest BCUT2D eigenvalue weighted by Crippen LogP contribution is -2.35. The summed E-state index contributed by atoms with van der Waals surface area (Å²) in [6.45, 7) is 0.925. The van der Waals surface area contributed by atoms with Crippen molar-refractivity contribution >= 4 is 17.4 Å². The Balaban J connectivity index is 2.03. The largest absolute Gasteiger partial charge is 0.381 e. The SMILES string of the molecule is CSC1(CNc2cnccc2C#N)CCCCC1. The van der Waals surface area contributed by atoms with Crippen molar-refractivity contribution in [3.63, 3.8) is 0 Å². The van der Waals surface area contributed by atoms with Gasteiger partial charge in [0.2, 0.25) is 0 Å². The molecule has 1 heterocycles. The van der Waals surface area contributed by atoms with Crippen LogP contribution < -0.4 is 5.32 Å². The first-order valence-electron chi connectivity index (χ1n) is 6.43. The molecule has 0 aromatic carbocycles. The fourth-order valence-electron chi connectivity index (χ4n) is 2.54. The summed E-state index contributed by atoms with van der Waals surface area (Å²) in [5.74, 6) is 0. The summed E-state index contributed by atoms with van der Waals surface area (Å²) in [4.78, 5) is 4.09. The molecule has 0 unspecified atom stereocenters. The maximum absolute atomic E-state index is 9.05.